The van der Waals surface area contributed by atoms with E-state index in [1.165, 1.54) is 4.90 Å². The molecule has 0 aromatic heterocycles. The second kappa shape index (κ2) is 5.09. The Bertz CT molecular complexity index is 361. The van der Waals surface area contributed by atoms with Crippen molar-refractivity contribution in [2.45, 2.75) is 32.7 Å². The molecule has 2 amide bonds. The summed E-state index contributed by atoms with van der Waals surface area (Å²) in [7, 11) is 0. The van der Waals surface area contributed by atoms with Crippen molar-refractivity contribution in [3.05, 3.63) is 0 Å². The molecule has 0 radical (unpaired) electrons. The lowest BCUT2D eigenvalue weighted by atomic mass is 9.82. The Morgan fingerprint density at radius 2 is 2.24 bits per heavy atom. The van der Waals surface area contributed by atoms with Gasteiger partial charge in [-0.25, -0.2) is 4.79 Å². The highest BCUT2D eigenvalue weighted by Crippen LogP contribution is 2.29. The van der Waals surface area contributed by atoms with Gasteiger partial charge in [0.2, 0.25) is 0 Å². The van der Waals surface area contributed by atoms with E-state index in [0.717, 1.165) is 0 Å². The Kier molecular flexibility index (Phi) is 4.00. The van der Waals surface area contributed by atoms with Crippen LogP contribution in [0.5, 0.6) is 0 Å². The number of urea groups is 1. The third-order valence-electron chi connectivity index (χ3n) is 3.09. The summed E-state index contributed by atoms with van der Waals surface area (Å²) in [5.74, 6) is 1.54. The highest BCUT2D eigenvalue weighted by Gasteiger charge is 2.39. The van der Waals surface area contributed by atoms with Gasteiger partial charge in [-0.1, -0.05) is 5.92 Å². The van der Waals surface area contributed by atoms with Gasteiger partial charge >= 0.3 is 12.0 Å². The molecule has 0 bridgehead atoms. The van der Waals surface area contributed by atoms with Crippen LogP contribution in [0.15, 0.2) is 0 Å². The van der Waals surface area contributed by atoms with Crippen LogP contribution in [0, 0.1) is 17.8 Å². The molecular weight excluding hydrogens is 220 g/mol. The molecule has 0 saturated carbocycles. The Labute approximate surface area is 101 Å². The number of carboxylic acid groups (broad SMARTS) is 1. The monoisotopic (exact) mass is 238 g/mol. The number of amides is 2. The summed E-state index contributed by atoms with van der Waals surface area (Å²) in [5.41, 5.74) is -0.852. The smallest absolute Gasteiger partial charge is 0.318 e. The van der Waals surface area contributed by atoms with Gasteiger partial charge in [-0.3, -0.25) is 4.79 Å². The Morgan fingerprint density at radius 3 is 2.76 bits per heavy atom. The summed E-state index contributed by atoms with van der Waals surface area (Å²) in [6, 6.07) is -0.636. The molecule has 1 aliphatic rings. The third-order valence-corrected chi connectivity index (χ3v) is 3.09. The molecular formula is C12H18N2O3. The van der Waals surface area contributed by atoms with Crippen LogP contribution in [0.4, 0.5) is 4.79 Å². The number of carboxylic acids is 1. The van der Waals surface area contributed by atoms with Gasteiger partial charge in [0.15, 0.2) is 0 Å². The van der Waals surface area contributed by atoms with Crippen LogP contribution in [0.2, 0.25) is 0 Å². The SMILES string of the molecule is C#CC(C)NC(=O)N1CCCC(C)(C(=O)O)C1. The van der Waals surface area contributed by atoms with Gasteiger partial charge in [-0.15, -0.1) is 6.42 Å². The number of nitrogens with zero attached hydrogens (tertiary/aromatic N) is 1. The highest BCUT2D eigenvalue weighted by molar-refractivity contribution is 5.78. The first-order valence-corrected chi connectivity index (χ1v) is 5.64. The fourth-order valence-corrected chi connectivity index (χ4v) is 1.91. The summed E-state index contributed by atoms with van der Waals surface area (Å²) >= 11 is 0. The molecule has 5 nitrogen and oxygen atoms in total. The van der Waals surface area contributed by atoms with E-state index in [-0.39, 0.29) is 18.6 Å². The Morgan fingerprint density at radius 1 is 1.59 bits per heavy atom. The van der Waals surface area contributed by atoms with E-state index in [0.29, 0.717) is 19.4 Å². The molecule has 1 saturated heterocycles. The van der Waals surface area contributed by atoms with Gasteiger partial charge in [0, 0.05) is 13.1 Å². The van der Waals surface area contributed by atoms with Crippen LogP contribution in [0.1, 0.15) is 26.7 Å². The van der Waals surface area contributed by atoms with E-state index in [9.17, 15) is 9.59 Å². The van der Waals surface area contributed by atoms with Crippen LogP contribution in [0.25, 0.3) is 0 Å². The first-order chi connectivity index (χ1) is 7.89. The number of carbonyl (C=O) groups excluding carboxylic acids is 1. The number of hydrogen-bond acceptors (Lipinski definition) is 2. The molecule has 1 aliphatic heterocycles. The fraction of sp³-hybridized carbons (Fsp3) is 0.667. The average molecular weight is 238 g/mol. The summed E-state index contributed by atoms with van der Waals surface area (Å²) in [6.07, 6.45) is 6.46. The van der Waals surface area contributed by atoms with Crippen LogP contribution in [0.3, 0.4) is 0 Å². The number of hydrogen-bond donors (Lipinski definition) is 2. The molecule has 2 unspecified atom stereocenters. The maximum atomic E-state index is 11.8. The number of nitrogens with one attached hydrogen (secondary N) is 1. The van der Waals surface area contributed by atoms with Gasteiger partial charge < -0.3 is 15.3 Å². The number of rotatable bonds is 2. The number of carbonyl (C=O) groups is 2. The molecule has 1 rings (SSSR count). The van der Waals surface area contributed by atoms with Gasteiger partial charge in [0.25, 0.3) is 0 Å². The summed E-state index contributed by atoms with van der Waals surface area (Å²) in [6.45, 7) is 4.18. The largest absolute Gasteiger partial charge is 0.481 e. The van der Waals surface area contributed by atoms with E-state index in [4.69, 9.17) is 11.5 Å². The van der Waals surface area contributed by atoms with E-state index in [1.54, 1.807) is 13.8 Å². The fourth-order valence-electron chi connectivity index (χ4n) is 1.91. The zero-order valence-corrected chi connectivity index (χ0v) is 10.2. The van der Waals surface area contributed by atoms with E-state index in [1.807, 2.05) is 0 Å². The molecule has 1 heterocycles. The maximum absolute atomic E-state index is 11.8. The summed E-state index contributed by atoms with van der Waals surface area (Å²) in [5, 5.41) is 11.8. The zero-order valence-electron chi connectivity index (χ0n) is 10.2. The normalized spacial score (nSPS) is 25.8. The van der Waals surface area contributed by atoms with E-state index < -0.39 is 11.4 Å². The lowest BCUT2D eigenvalue weighted by molar-refractivity contribution is -0.150. The molecule has 0 aromatic carbocycles. The van der Waals surface area contributed by atoms with Crippen molar-refractivity contribution in [3.63, 3.8) is 0 Å². The second-order valence-corrected chi connectivity index (χ2v) is 4.73. The van der Waals surface area contributed by atoms with Crippen molar-refractivity contribution in [2.75, 3.05) is 13.1 Å². The molecule has 94 valence electrons. The standard InChI is InChI=1S/C12H18N2O3/c1-4-9(2)13-11(17)14-7-5-6-12(3,8-14)10(15)16/h1,9H,5-8H2,2-3H3,(H,13,17)(H,15,16). The lowest BCUT2D eigenvalue weighted by Gasteiger charge is -2.37. The second-order valence-electron chi connectivity index (χ2n) is 4.73. The van der Waals surface area contributed by atoms with Crippen LogP contribution in [-0.2, 0) is 4.79 Å². The van der Waals surface area contributed by atoms with Crippen molar-refractivity contribution in [1.29, 1.82) is 0 Å². The van der Waals surface area contributed by atoms with Gasteiger partial charge in [-0.2, -0.15) is 0 Å². The predicted molar refractivity (Wildman–Crippen MR) is 63.4 cm³/mol. The Hall–Kier alpha value is -1.70. The molecule has 2 N–H and O–H groups in total. The molecule has 0 spiro atoms. The van der Waals surface area contributed by atoms with Gasteiger partial charge in [0.1, 0.15) is 0 Å². The summed E-state index contributed by atoms with van der Waals surface area (Å²) < 4.78 is 0. The quantitative estimate of drug-likeness (QED) is 0.702. The first kappa shape index (κ1) is 13.4. The predicted octanol–water partition coefficient (Wildman–Crippen LogP) is 0.904. The van der Waals surface area contributed by atoms with Crippen LogP contribution in [-0.4, -0.2) is 41.1 Å². The minimum atomic E-state index is -0.861. The van der Waals surface area contributed by atoms with Crippen molar-refractivity contribution in [1.82, 2.24) is 10.2 Å². The van der Waals surface area contributed by atoms with E-state index in [2.05, 4.69) is 11.2 Å². The number of likely N-dealkylation sites (tertiary alicyclic amines) is 1. The van der Waals surface area contributed by atoms with Crippen molar-refractivity contribution >= 4 is 12.0 Å². The average Bonchev–Trinajstić information content (AvgIpc) is 2.28. The Balaban J connectivity index is 2.64. The van der Waals surface area contributed by atoms with E-state index >= 15 is 0 Å². The van der Waals surface area contributed by atoms with Crippen molar-refractivity contribution in [2.24, 2.45) is 5.41 Å². The number of piperidine rings is 1. The highest BCUT2D eigenvalue weighted by atomic mass is 16.4. The number of aliphatic carboxylic acids is 1. The molecule has 2 atom stereocenters. The van der Waals surface area contributed by atoms with Crippen LogP contribution >= 0.6 is 0 Å². The number of terminal acetylenes is 1. The molecule has 0 aromatic rings. The maximum Gasteiger partial charge on any atom is 0.318 e. The van der Waals surface area contributed by atoms with Crippen molar-refractivity contribution < 1.29 is 14.7 Å². The van der Waals surface area contributed by atoms with Gasteiger partial charge in [-0.05, 0) is 26.7 Å². The molecule has 1 fully saturated rings. The van der Waals surface area contributed by atoms with Crippen molar-refractivity contribution in [3.8, 4) is 12.3 Å². The minimum Gasteiger partial charge on any atom is -0.481 e. The molecule has 0 aliphatic carbocycles. The lowest BCUT2D eigenvalue weighted by Crippen LogP contribution is -2.52. The minimum absolute atomic E-state index is 0.228. The molecule has 5 heteroatoms. The summed E-state index contributed by atoms with van der Waals surface area (Å²) in [4.78, 5) is 24.5. The van der Waals surface area contributed by atoms with Gasteiger partial charge in [0.05, 0.1) is 11.5 Å². The molecule has 17 heavy (non-hydrogen) atoms. The topological polar surface area (TPSA) is 69.6 Å². The third kappa shape index (κ3) is 3.13. The van der Waals surface area contributed by atoms with Crippen LogP contribution < -0.4 is 5.32 Å². The first-order valence-electron chi connectivity index (χ1n) is 5.64. The zero-order chi connectivity index (χ0) is 13.1.